The van der Waals surface area contributed by atoms with Crippen LogP contribution in [-0.4, -0.2) is 15.3 Å². The van der Waals surface area contributed by atoms with E-state index in [-0.39, 0.29) is 17.2 Å². The normalized spacial score (nSPS) is 17.4. The maximum atomic E-state index is 13.8. The summed E-state index contributed by atoms with van der Waals surface area (Å²) in [5.74, 6) is -0.454. The van der Waals surface area contributed by atoms with Gasteiger partial charge in [-0.25, -0.2) is 4.39 Å². The van der Waals surface area contributed by atoms with Crippen LogP contribution in [0, 0.1) is 5.82 Å². The second kappa shape index (κ2) is 4.59. The lowest BCUT2D eigenvalue weighted by molar-refractivity contribution is 0.169. The molecule has 1 heterocycles. The van der Waals surface area contributed by atoms with E-state index in [4.69, 9.17) is 4.74 Å². The van der Waals surface area contributed by atoms with Gasteiger partial charge in [0.05, 0.1) is 0 Å². The summed E-state index contributed by atoms with van der Waals surface area (Å²) in [6.07, 6.45) is 0.517. The Bertz CT molecular complexity index is 669. The van der Waals surface area contributed by atoms with Crippen LogP contribution < -0.4 is 4.74 Å². The summed E-state index contributed by atoms with van der Waals surface area (Å²) in [5.41, 5.74) is 0.953. The third-order valence-electron chi connectivity index (χ3n) is 3.43. The van der Waals surface area contributed by atoms with Crippen molar-refractivity contribution in [3.05, 3.63) is 47.3 Å². The molecule has 0 bridgehead atoms. The summed E-state index contributed by atoms with van der Waals surface area (Å²) >= 11 is 0. The second-order valence-corrected chi connectivity index (χ2v) is 4.79. The zero-order valence-electron chi connectivity index (χ0n) is 10.5. The Kier molecular flexibility index (Phi) is 2.89. The first-order valence-corrected chi connectivity index (χ1v) is 6.24. The average Bonchev–Trinajstić information content (AvgIpc) is 2.37. The van der Waals surface area contributed by atoms with Crippen molar-refractivity contribution in [1.29, 1.82) is 0 Å². The Morgan fingerprint density at radius 3 is 2.60 bits per heavy atom. The van der Waals surface area contributed by atoms with Crippen molar-refractivity contribution in [2.24, 2.45) is 0 Å². The highest BCUT2D eigenvalue weighted by Gasteiger charge is 2.26. The van der Waals surface area contributed by atoms with Gasteiger partial charge < -0.3 is 20.1 Å². The molecular formula is C15H13FO4. The number of phenolic OH excluding ortho intramolecular Hbond substituents is 3. The monoisotopic (exact) mass is 276 g/mol. The molecule has 5 heteroatoms. The molecule has 0 fully saturated rings. The quantitative estimate of drug-likeness (QED) is 0.748. The molecule has 0 aliphatic carbocycles. The van der Waals surface area contributed by atoms with Crippen LogP contribution in [0.1, 0.15) is 23.7 Å². The van der Waals surface area contributed by atoms with E-state index in [0.29, 0.717) is 29.7 Å². The molecular weight excluding hydrogens is 263 g/mol. The van der Waals surface area contributed by atoms with Gasteiger partial charge in [0.15, 0.2) is 0 Å². The molecule has 3 rings (SSSR count). The summed E-state index contributed by atoms with van der Waals surface area (Å²) < 4.78 is 19.5. The van der Waals surface area contributed by atoms with E-state index in [1.165, 1.54) is 24.3 Å². The summed E-state index contributed by atoms with van der Waals surface area (Å²) in [7, 11) is 0. The molecule has 1 atom stereocenters. The molecule has 1 aliphatic rings. The highest BCUT2D eigenvalue weighted by molar-refractivity contribution is 5.51. The van der Waals surface area contributed by atoms with Crippen molar-refractivity contribution in [3.63, 3.8) is 0 Å². The fourth-order valence-corrected chi connectivity index (χ4v) is 2.46. The number of halogens is 1. The first-order chi connectivity index (χ1) is 9.54. The first-order valence-electron chi connectivity index (χ1n) is 6.24. The van der Waals surface area contributed by atoms with E-state index in [0.717, 1.165) is 6.07 Å². The second-order valence-electron chi connectivity index (χ2n) is 4.79. The summed E-state index contributed by atoms with van der Waals surface area (Å²) in [6.45, 7) is 0. The van der Waals surface area contributed by atoms with E-state index in [1.807, 2.05) is 0 Å². The summed E-state index contributed by atoms with van der Waals surface area (Å²) in [4.78, 5) is 0. The Labute approximate surface area is 114 Å². The predicted octanol–water partition coefficient (Wildman–Crippen LogP) is 3.01. The molecule has 0 spiro atoms. The number of ether oxygens (including phenoxy) is 1. The van der Waals surface area contributed by atoms with Gasteiger partial charge in [-0.05, 0) is 25.0 Å². The number of fused-ring (bicyclic) bond motifs is 1. The Hall–Kier alpha value is -2.43. The SMILES string of the molecule is Oc1ccc(C2CCc3c(O)cc(O)cc3O2)c(F)c1. The summed E-state index contributed by atoms with van der Waals surface area (Å²) in [5, 5.41) is 28.4. The van der Waals surface area contributed by atoms with Gasteiger partial charge in [-0.2, -0.15) is 0 Å². The van der Waals surface area contributed by atoms with Crippen LogP contribution in [0.4, 0.5) is 4.39 Å². The zero-order chi connectivity index (χ0) is 14.3. The van der Waals surface area contributed by atoms with Crippen LogP contribution in [0.2, 0.25) is 0 Å². The molecule has 2 aromatic carbocycles. The minimum atomic E-state index is -0.539. The minimum absolute atomic E-state index is 0.0235. The van der Waals surface area contributed by atoms with Crippen molar-refractivity contribution in [3.8, 4) is 23.0 Å². The maximum absolute atomic E-state index is 13.8. The largest absolute Gasteiger partial charge is 0.508 e. The van der Waals surface area contributed by atoms with Crippen LogP contribution in [0.3, 0.4) is 0 Å². The van der Waals surface area contributed by atoms with E-state index in [2.05, 4.69) is 0 Å². The van der Waals surface area contributed by atoms with Crippen molar-refractivity contribution in [2.75, 3.05) is 0 Å². The maximum Gasteiger partial charge on any atom is 0.133 e. The van der Waals surface area contributed by atoms with Crippen LogP contribution >= 0.6 is 0 Å². The fraction of sp³-hybridized carbons (Fsp3) is 0.200. The summed E-state index contributed by atoms with van der Waals surface area (Å²) in [6, 6.07) is 6.57. The molecule has 0 aromatic heterocycles. The third-order valence-corrected chi connectivity index (χ3v) is 3.43. The van der Waals surface area contributed by atoms with Gasteiger partial charge in [0.2, 0.25) is 0 Å². The number of rotatable bonds is 1. The molecule has 0 amide bonds. The molecule has 20 heavy (non-hydrogen) atoms. The number of hydrogen-bond acceptors (Lipinski definition) is 4. The number of benzene rings is 2. The molecule has 0 saturated carbocycles. The molecule has 0 saturated heterocycles. The molecule has 3 N–H and O–H groups in total. The third kappa shape index (κ3) is 2.11. The number of hydrogen-bond donors (Lipinski definition) is 3. The van der Waals surface area contributed by atoms with Gasteiger partial charge in [-0.15, -0.1) is 0 Å². The van der Waals surface area contributed by atoms with Crippen LogP contribution in [-0.2, 0) is 6.42 Å². The van der Waals surface area contributed by atoms with Crippen molar-refractivity contribution in [1.82, 2.24) is 0 Å². The Balaban J connectivity index is 1.96. The lowest BCUT2D eigenvalue weighted by atomic mass is 9.96. The minimum Gasteiger partial charge on any atom is -0.508 e. The van der Waals surface area contributed by atoms with Crippen molar-refractivity contribution >= 4 is 0 Å². The van der Waals surface area contributed by atoms with Gasteiger partial charge in [0.25, 0.3) is 0 Å². The number of phenols is 3. The standard InChI is InChI=1S/C15H13FO4/c16-12-5-8(17)1-2-10(12)14-4-3-11-13(19)6-9(18)7-15(11)20-14/h1-2,5-7,14,17-19H,3-4H2. The smallest absolute Gasteiger partial charge is 0.133 e. The molecule has 104 valence electrons. The van der Waals surface area contributed by atoms with E-state index in [9.17, 15) is 19.7 Å². The van der Waals surface area contributed by atoms with Crippen molar-refractivity contribution < 1.29 is 24.4 Å². The lowest BCUT2D eigenvalue weighted by Gasteiger charge is -2.27. The Morgan fingerprint density at radius 2 is 1.85 bits per heavy atom. The first kappa shape index (κ1) is 12.6. The Morgan fingerprint density at radius 1 is 1.05 bits per heavy atom. The fourth-order valence-electron chi connectivity index (χ4n) is 2.46. The topological polar surface area (TPSA) is 69.9 Å². The highest BCUT2D eigenvalue weighted by atomic mass is 19.1. The number of aromatic hydroxyl groups is 3. The van der Waals surface area contributed by atoms with E-state index < -0.39 is 11.9 Å². The zero-order valence-corrected chi connectivity index (χ0v) is 10.5. The van der Waals surface area contributed by atoms with Crippen LogP contribution in [0.15, 0.2) is 30.3 Å². The predicted molar refractivity (Wildman–Crippen MR) is 69.5 cm³/mol. The van der Waals surface area contributed by atoms with Gasteiger partial charge in [0.1, 0.15) is 34.9 Å². The average molecular weight is 276 g/mol. The van der Waals surface area contributed by atoms with Crippen molar-refractivity contribution in [2.45, 2.75) is 18.9 Å². The van der Waals surface area contributed by atoms with Crippen LogP contribution in [0.25, 0.3) is 0 Å². The van der Waals surface area contributed by atoms with Gasteiger partial charge >= 0.3 is 0 Å². The van der Waals surface area contributed by atoms with Gasteiger partial charge in [-0.3, -0.25) is 0 Å². The molecule has 1 aliphatic heterocycles. The van der Waals surface area contributed by atoms with Gasteiger partial charge in [-0.1, -0.05) is 0 Å². The van der Waals surface area contributed by atoms with E-state index in [1.54, 1.807) is 0 Å². The van der Waals surface area contributed by atoms with E-state index >= 15 is 0 Å². The molecule has 2 aromatic rings. The van der Waals surface area contributed by atoms with Crippen LogP contribution in [0.5, 0.6) is 23.0 Å². The molecule has 1 unspecified atom stereocenters. The highest BCUT2D eigenvalue weighted by Crippen LogP contribution is 2.42. The molecule has 4 nitrogen and oxygen atoms in total. The lowest BCUT2D eigenvalue weighted by Crippen LogP contribution is -2.16. The molecule has 0 radical (unpaired) electrons. The van der Waals surface area contributed by atoms with Gasteiger partial charge in [0, 0.05) is 29.3 Å².